The van der Waals surface area contributed by atoms with Gasteiger partial charge < -0.3 is 14.8 Å². The van der Waals surface area contributed by atoms with Gasteiger partial charge >= 0.3 is 0 Å². The Morgan fingerprint density at radius 1 is 1.22 bits per heavy atom. The van der Waals surface area contributed by atoms with E-state index in [9.17, 15) is 4.79 Å². The SMILES string of the molecule is CCOc1ccc(CC(C)NC=O)cc1OCC. The number of amides is 1. The first-order chi connectivity index (χ1) is 8.71. The van der Waals surface area contributed by atoms with E-state index in [2.05, 4.69) is 5.32 Å². The van der Waals surface area contributed by atoms with Gasteiger partial charge in [0.1, 0.15) is 0 Å². The first-order valence-corrected chi connectivity index (χ1v) is 6.29. The molecule has 0 spiro atoms. The number of ether oxygens (including phenoxy) is 2. The van der Waals surface area contributed by atoms with Gasteiger partial charge in [-0.05, 0) is 44.9 Å². The lowest BCUT2D eigenvalue weighted by atomic mass is 10.1. The smallest absolute Gasteiger partial charge is 0.207 e. The van der Waals surface area contributed by atoms with Crippen LogP contribution < -0.4 is 14.8 Å². The van der Waals surface area contributed by atoms with Gasteiger partial charge in [0, 0.05) is 6.04 Å². The molecule has 0 bridgehead atoms. The third-order valence-electron chi connectivity index (χ3n) is 2.50. The van der Waals surface area contributed by atoms with E-state index >= 15 is 0 Å². The summed E-state index contributed by atoms with van der Waals surface area (Å²) in [6.07, 6.45) is 1.49. The van der Waals surface area contributed by atoms with E-state index in [-0.39, 0.29) is 6.04 Å². The molecule has 0 aromatic heterocycles. The summed E-state index contributed by atoms with van der Waals surface area (Å²) in [5.74, 6) is 1.52. The van der Waals surface area contributed by atoms with Crippen LogP contribution in [0, 0.1) is 0 Å². The average molecular weight is 251 g/mol. The minimum atomic E-state index is 0.106. The van der Waals surface area contributed by atoms with Crippen molar-refractivity contribution in [3.05, 3.63) is 23.8 Å². The number of carbonyl (C=O) groups is 1. The first-order valence-electron chi connectivity index (χ1n) is 6.29. The highest BCUT2D eigenvalue weighted by Crippen LogP contribution is 2.28. The lowest BCUT2D eigenvalue weighted by molar-refractivity contribution is -0.110. The van der Waals surface area contributed by atoms with Crippen molar-refractivity contribution in [2.45, 2.75) is 33.2 Å². The molecule has 4 nitrogen and oxygen atoms in total. The molecule has 0 heterocycles. The number of hydrogen-bond acceptors (Lipinski definition) is 3. The third kappa shape index (κ3) is 4.28. The Labute approximate surface area is 108 Å². The fraction of sp³-hybridized carbons (Fsp3) is 0.500. The molecule has 1 aromatic rings. The van der Waals surface area contributed by atoms with Gasteiger partial charge in [-0.2, -0.15) is 0 Å². The van der Waals surface area contributed by atoms with E-state index in [1.807, 2.05) is 39.0 Å². The van der Waals surface area contributed by atoms with E-state index in [1.165, 1.54) is 0 Å². The number of rotatable bonds is 8. The van der Waals surface area contributed by atoms with Gasteiger partial charge in [0.05, 0.1) is 13.2 Å². The van der Waals surface area contributed by atoms with Crippen molar-refractivity contribution in [2.75, 3.05) is 13.2 Å². The molecular weight excluding hydrogens is 230 g/mol. The predicted molar refractivity (Wildman–Crippen MR) is 71.1 cm³/mol. The van der Waals surface area contributed by atoms with E-state index in [4.69, 9.17) is 9.47 Å². The van der Waals surface area contributed by atoms with Crippen LogP contribution in [0.2, 0.25) is 0 Å². The van der Waals surface area contributed by atoms with Gasteiger partial charge in [-0.3, -0.25) is 4.79 Å². The Morgan fingerprint density at radius 3 is 2.50 bits per heavy atom. The fourth-order valence-corrected chi connectivity index (χ4v) is 1.75. The molecule has 100 valence electrons. The van der Waals surface area contributed by atoms with Crippen molar-refractivity contribution in [1.82, 2.24) is 5.32 Å². The van der Waals surface area contributed by atoms with Crippen molar-refractivity contribution >= 4 is 6.41 Å². The molecule has 1 N–H and O–H groups in total. The van der Waals surface area contributed by atoms with Gasteiger partial charge in [0.15, 0.2) is 11.5 Å². The van der Waals surface area contributed by atoms with Crippen molar-refractivity contribution in [3.63, 3.8) is 0 Å². The predicted octanol–water partition coefficient (Wildman–Crippen LogP) is 2.16. The summed E-state index contributed by atoms with van der Waals surface area (Å²) in [5.41, 5.74) is 1.11. The van der Waals surface area contributed by atoms with Crippen LogP contribution in [0.15, 0.2) is 18.2 Å². The molecule has 4 heteroatoms. The van der Waals surface area contributed by atoms with E-state index in [0.717, 1.165) is 29.9 Å². The molecular formula is C14H21NO3. The molecule has 18 heavy (non-hydrogen) atoms. The molecule has 0 saturated heterocycles. The normalized spacial score (nSPS) is 11.7. The van der Waals surface area contributed by atoms with E-state index in [1.54, 1.807) is 0 Å². The summed E-state index contributed by atoms with van der Waals surface area (Å²) >= 11 is 0. The molecule has 0 aliphatic carbocycles. The monoisotopic (exact) mass is 251 g/mol. The lowest BCUT2D eigenvalue weighted by Gasteiger charge is -2.14. The highest BCUT2D eigenvalue weighted by Gasteiger charge is 2.08. The zero-order chi connectivity index (χ0) is 13.4. The van der Waals surface area contributed by atoms with E-state index in [0.29, 0.717) is 13.2 Å². The van der Waals surface area contributed by atoms with Crippen LogP contribution in [0.4, 0.5) is 0 Å². The van der Waals surface area contributed by atoms with Gasteiger partial charge in [-0.25, -0.2) is 0 Å². The standard InChI is InChI=1S/C14H21NO3/c1-4-17-13-7-6-12(8-11(3)15-10-16)9-14(13)18-5-2/h6-7,9-11H,4-5,8H2,1-3H3,(H,15,16). The molecule has 1 amide bonds. The minimum absolute atomic E-state index is 0.106. The second-order valence-corrected chi connectivity index (χ2v) is 4.04. The maximum Gasteiger partial charge on any atom is 0.207 e. The maximum atomic E-state index is 10.4. The molecule has 0 radical (unpaired) electrons. The van der Waals surface area contributed by atoms with Crippen molar-refractivity contribution < 1.29 is 14.3 Å². The van der Waals surface area contributed by atoms with Crippen LogP contribution in [0.3, 0.4) is 0 Å². The van der Waals surface area contributed by atoms with Crippen LogP contribution in [0.5, 0.6) is 11.5 Å². The van der Waals surface area contributed by atoms with Crippen molar-refractivity contribution in [3.8, 4) is 11.5 Å². The minimum Gasteiger partial charge on any atom is -0.490 e. The summed E-state index contributed by atoms with van der Waals surface area (Å²) in [5, 5.41) is 2.73. The second kappa shape index (κ2) is 7.58. The molecule has 0 fully saturated rings. The summed E-state index contributed by atoms with van der Waals surface area (Å²) < 4.78 is 11.1. The summed E-state index contributed by atoms with van der Waals surface area (Å²) in [6, 6.07) is 5.99. The number of benzene rings is 1. The van der Waals surface area contributed by atoms with Crippen LogP contribution in [0.1, 0.15) is 26.3 Å². The summed E-state index contributed by atoms with van der Waals surface area (Å²) in [6.45, 7) is 7.07. The zero-order valence-corrected chi connectivity index (χ0v) is 11.2. The van der Waals surface area contributed by atoms with Crippen molar-refractivity contribution in [1.29, 1.82) is 0 Å². The molecule has 0 saturated carbocycles. The average Bonchev–Trinajstić information content (AvgIpc) is 2.33. The van der Waals surface area contributed by atoms with Gasteiger partial charge in [0.2, 0.25) is 6.41 Å². The topological polar surface area (TPSA) is 47.6 Å². The largest absolute Gasteiger partial charge is 0.490 e. The quantitative estimate of drug-likeness (QED) is 0.720. The van der Waals surface area contributed by atoms with Crippen LogP contribution in [-0.4, -0.2) is 25.7 Å². The first kappa shape index (κ1) is 14.4. The zero-order valence-electron chi connectivity index (χ0n) is 11.2. The molecule has 0 aliphatic heterocycles. The number of carbonyl (C=O) groups excluding carboxylic acids is 1. The molecule has 1 atom stereocenters. The maximum absolute atomic E-state index is 10.4. The second-order valence-electron chi connectivity index (χ2n) is 4.04. The van der Waals surface area contributed by atoms with Crippen LogP contribution >= 0.6 is 0 Å². The van der Waals surface area contributed by atoms with Gasteiger partial charge in [-0.1, -0.05) is 6.07 Å². The molecule has 1 unspecified atom stereocenters. The van der Waals surface area contributed by atoms with Gasteiger partial charge in [-0.15, -0.1) is 0 Å². The lowest BCUT2D eigenvalue weighted by Crippen LogP contribution is -2.26. The highest BCUT2D eigenvalue weighted by atomic mass is 16.5. The van der Waals surface area contributed by atoms with Crippen molar-refractivity contribution in [2.24, 2.45) is 0 Å². The van der Waals surface area contributed by atoms with Gasteiger partial charge in [0.25, 0.3) is 0 Å². The Balaban J connectivity index is 2.81. The molecule has 1 aromatic carbocycles. The number of hydrogen-bond donors (Lipinski definition) is 1. The third-order valence-corrected chi connectivity index (χ3v) is 2.50. The van der Waals surface area contributed by atoms with E-state index < -0.39 is 0 Å². The molecule has 1 rings (SSSR count). The highest BCUT2D eigenvalue weighted by molar-refractivity contribution is 5.47. The Hall–Kier alpha value is -1.71. The molecule has 0 aliphatic rings. The Morgan fingerprint density at radius 2 is 1.89 bits per heavy atom. The summed E-state index contributed by atoms with van der Waals surface area (Å²) in [4.78, 5) is 10.4. The summed E-state index contributed by atoms with van der Waals surface area (Å²) in [7, 11) is 0. The van der Waals surface area contributed by atoms with Crippen LogP contribution in [0.25, 0.3) is 0 Å². The fourth-order valence-electron chi connectivity index (χ4n) is 1.75. The Kier molecular flexibility index (Phi) is 6.05. The van der Waals surface area contributed by atoms with Crippen LogP contribution in [-0.2, 0) is 11.2 Å². The Bertz CT molecular complexity index is 379. The number of nitrogens with one attached hydrogen (secondary N) is 1.